The second-order valence-corrected chi connectivity index (χ2v) is 5.53. The first kappa shape index (κ1) is 14.0. The molecule has 0 spiro atoms. The zero-order valence-electron chi connectivity index (χ0n) is 11.3. The molecule has 2 aromatic carbocycles. The van der Waals surface area contributed by atoms with Crippen LogP contribution in [0.25, 0.3) is 10.9 Å². The molecule has 0 radical (unpaired) electrons. The van der Waals surface area contributed by atoms with E-state index in [2.05, 4.69) is 20.9 Å². The molecule has 1 aromatic heterocycles. The Balaban J connectivity index is 1.89. The molecule has 0 aliphatic rings. The van der Waals surface area contributed by atoms with Crippen molar-refractivity contribution in [1.29, 1.82) is 0 Å². The van der Waals surface area contributed by atoms with Gasteiger partial charge in [-0.05, 0) is 17.7 Å². The van der Waals surface area contributed by atoms with Gasteiger partial charge in [0.1, 0.15) is 6.61 Å². The van der Waals surface area contributed by atoms with E-state index in [1.807, 2.05) is 48.5 Å². The Labute approximate surface area is 131 Å². The van der Waals surface area contributed by atoms with Crippen LogP contribution in [0.15, 0.2) is 59.1 Å². The summed E-state index contributed by atoms with van der Waals surface area (Å²) in [5.74, 6) is 0.522. The van der Waals surface area contributed by atoms with Crippen LogP contribution in [0.5, 0.6) is 5.88 Å². The van der Waals surface area contributed by atoms with Crippen molar-refractivity contribution in [3.8, 4) is 5.88 Å². The number of hydrogen-bond donors (Lipinski definition) is 1. The first-order valence-electron chi connectivity index (χ1n) is 6.63. The standard InChI is InChI=1S/C17H14BrNO2/c18-15-7-3-1-5-12(15)11-21-17-9-13(10-20)14-6-2-4-8-16(14)19-17/h1-9,20H,10-11H2. The van der Waals surface area contributed by atoms with E-state index in [1.165, 1.54) is 0 Å². The van der Waals surface area contributed by atoms with Gasteiger partial charge in [-0.25, -0.2) is 4.98 Å². The van der Waals surface area contributed by atoms with Gasteiger partial charge in [0.2, 0.25) is 5.88 Å². The number of aliphatic hydroxyl groups excluding tert-OH is 1. The summed E-state index contributed by atoms with van der Waals surface area (Å²) in [7, 11) is 0. The van der Waals surface area contributed by atoms with E-state index < -0.39 is 0 Å². The van der Waals surface area contributed by atoms with Gasteiger partial charge >= 0.3 is 0 Å². The van der Waals surface area contributed by atoms with Crippen LogP contribution in [0.2, 0.25) is 0 Å². The molecule has 0 atom stereocenters. The molecule has 21 heavy (non-hydrogen) atoms. The van der Waals surface area contributed by atoms with Crippen LogP contribution >= 0.6 is 15.9 Å². The van der Waals surface area contributed by atoms with E-state index in [9.17, 15) is 5.11 Å². The van der Waals surface area contributed by atoms with Crippen molar-refractivity contribution >= 4 is 26.8 Å². The molecule has 0 saturated heterocycles. The zero-order chi connectivity index (χ0) is 14.7. The Kier molecular flexibility index (Phi) is 4.18. The lowest BCUT2D eigenvalue weighted by atomic mass is 10.1. The van der Waals surface area contributed by atoms with E-state index >= 15 is 0 Å². The summed E-state index contributed by atoms with van der Waals surface area (Å²) in [6.45, 7) is 0.395. The van der Waals surface area contributed by atoms with Crippen LogP contribution in [-0.2, 0) is 13.2 Å². The molecule has 0 fully saturated rings. The first-order valence-corrected chi connectivity index (χ1v) is 7.43. The highest BCUT2D eigenvalue weighted by Gasteiger charge is 2.07. The monoisotopic (exact) mass is 343 g/mol. The molecule has 0 unspecified atom stereocenters. The van der Waals surface area contributed by atoms with Crippen LogP contribution < -0.4 is 4.74 Å². The molecule has 1 N–H and O–H groups in total. The van der Waals surface area contributed by atoms with Crippen molar-refractivity contribution in [2.24, 2.45) is 0 Å². The third kappa shape index (κ3) is 3.06. The average molecular weight is 344 g/mol. The maximum absolute atomic E-state index is 9.50. The predicted molar refractivity (Wildman–Crippen MR) is 86.1 cm³/mol. The van der Waals surface area contributed by atoms with E-state index in [4.69, 9.17) is 4.74 Å². The number of aromatic nitrogens is 1. The topological polar surface area (TPSA) is 42.4 Å². The van der Waals surface area contributed by atoms with Crippen LogP contribution in [0.3, 0.4) is 0 Å². The van der Waals surface area contributed by atoms with Gasteiger partial charge in [0.05, 0.1) is 12.1 Å². The van der Waals surface area contributed by atoms with Gasteiger partial charge in [-0.1, -0.05) is 52.3 Å². The highest BCUT2D eigenvalue weighted by molar-refractivity contribution is 9.10. The lowest BCUT2D eigenvalue weighted by Crippen LogP contribution is -2.00. The number of nitrogens with zero attached hydrogens (tertiary/aromatic N) is 1. The van der Waals surface area contributed by atoms with Gasteiger partial charge in [0, 0.05) is 21.5 Å². The summed E-state index contributed by atoms with van der Waals surface area (Å²) < 4.78 is 6.78. The molecule has 0 bridgehead atoms. The molecule has 0 aliphatic carbocycles. The fourth-order valence-corrected chi connectivity index (χ4v) is 2.59. The number of fused-ring (bicyclic) bond motifs is 1. The van der Waals surface area contributed by atoms with Gasteiger partial charge in [0.25, 0.3) is 0 Å². The number of halogens is 1. The zero-order valence-corrected chi connectivity index (χ0v) is 12.9. The minimum absolute atomic E-state index is 0.0333. The summed E-state index contributed by atoms with van der Waals surface area (Å²) >= 11 is 3.50. The molecule has 1 heterocycles. The Morgan fingerprint density at radius 3 is 2.57 bits per heavy atom. The lowest BCUT2D eigenvalue weighted by Gasteiger charge is -2.10. The molecule has 0 aliphatic heterocycles. The van der Waals surface area contributed by atoms with Crippen molar-refractivity contribution in [1.82, 2.24) is 4.98 Å². The fourth-order valence-electron chi connectivity index (χ4n) is 2.19. The summed E-state index contributed by atoms with van der Waals surface area (Å²) in [5, 5.41) is 10.5. The molecule has 3 rings (SSSR count). The van der Waals surface area contributed by atoms with Crippen LogP contribution in [0.4, 0.5) is 0 Å². The molecular weight excluding hydrogens is 330 g/mol. The van der Waals surface area contributed by atoms with Gasteiger partial charge in [0.15, 0.2) is 0 Å². The predicted octanol–water partition coefficient (Wildman–Crippen LogP) is 4.07. The Morgan fingerprint density at radius 1 is 1.00 bits per heavy atom. The Morgan fingerprint density at radius 2 is 1.76 bits per heavy atom. The van der Waals surface area contributed by atoms with E-state index in [-0.39, 0.29) is 6.61 Å². The number of aliphatic hydroxyl groups is 1. The maximum Gasteiger partial charge on any atom is 0.214 e. The summed E-state index contributed by atoms with van der Waals surface area (Å²) in [4.78, 5) is 4.48. The summed E-state index contributed by atoms with van der Waals surface area (Å²) in [5.41, 5.74) is 2.70. The molecule has 3 nitrogen and oxygen atoms in total. The third-order valence-electron chi connectivity index (χ3n) is 3.28. The Bertz CT molecular complexity index is 774. The SMILES string of the molecule is OCc1cc(OCc2ccccc2Br)nc2ccccc12. The molecule has 0 amide bonds. The normalized spacial score (nSPS) is 10.8. The van der Waals surface area contributed by atoms with E-state index in [0.29, 0.717) is 12.5 Å². The van der Waals surface area contributed by atoms with Crippen LogP contribution in [-0.4, -0.2) is 10.1 Å². The van der Waals surface area contributed by atoms with Crippen molar-refractivity contribution in [3.63, 3.8) is 0 Å². The number of benzene rings is 2. The quantitative estimate of drug-likeness (QED) is 0.776. The van der Waals surface area contributed by atoms with Gasteiger partial charge < -0.3 is 9.84 Å². The number of pyridine rings is 1. The second-order valence-electron chi connectivity index (χ2n) is 4.67. The average Bonchev–Trinajstić information content (AvgIpc) is 2.53. The summed E-state index contributed by atoms with van der Waals surface area (Å²) in [6, 6.07) is 17.4. The molecule has 0 saturated carbocycles. The van der Waals surface area contributed by atoms with Crippen LogP contribution in [0.1, 0.15) is 11.1 Å². The smallest absolute Gasteiger partial charge is 0.214 e. The van der Waals surface area contributed by atoms with Gasteiger partial charge in [-0.3, -0.25) is 0 Å². The van der Waals surface area contributed by atoms with Crippen molar-refractivity contribution < 1.29 is 9.84 Å². The maximum atomic E-state index is 9.50. The highest BCUT2D eigenvalue weighted by atomic mass is 79.9. The molecule has 3 aromatic rings. The summed E-state index contributed by atoms with van der Waals surface area (Å²) in [6.07, 6.45) is 0. The van der Waals surface area contributed by atoms with E-state index in [1.54, 1.807) is 6.07 Å². The first-order chi connectivity index (χ1) is 10.3. The number of rotatable bonds is 4. The minimum Gasteiger partial charge on any atom is -0.473 e. The second kappa shape index (κ2) is 6.24. The largest absolute Gasteiger partial charge is 0.473 e. The van der Waals surface area contributed by atoms with Crippen molar-refractivity contribution in [2.75, 3.05) is 0 Å². The fraction of sp³-hybridized carbons (Fsp3) is 0.118. The minimum atomic E-state index is -0.0333. The molecule has 4 heteroatoms. The van der Waals surface area contributed by atoms with Crippen molar-refractivity contribution in [3.05, 3.63) is 70.2 Å². The van der Waals surface area contributed by atoms with Crippen LogP contribution in [0, 0.1) is 0 Å². The molecular formula is C17H14BrNO2. The number of hydrogen-bond acceptors (Lipinski definition) is 3. The molecule has 106 valence electrons. The lowest BCUT2D eigenvalue weighted by molar-refractivity contribution is 0.276. The van der Waals surface area contributed by atoms with Gasteiger partial charge in [-0.15, -0.1) is 0 Å². The Hall–Kier alpha value is -1.91. The van der Waals surface area contributed by atoms with Gasteiger partial charge in [-0.2, -0.15) is 0 Å². The van der Waals surface area contributed by atoms with Crippen molar-refractivity contribution in [2.45, 2.75) is 13.2 Å². The highest BCUT2D eigenvalue weighted by Crippen LogP contribution is 2.23. The number of ether oxygens (including phenoxy) is 1. The third-order valence-corrected chi connectivity index (χ3v) is 4.06. The van der Waals surface area contributed by atoms with E-state index in [0.717, 1.165) is 26.5 Å². The number of para-hydroxylation sites is 1.